The Kier molecular flexibility index (Phi) is 5.67. The van der Waals surface area contributed by atoms with E-state index in [2.05, 4.69) is 10.3 Å². The molecule has 1 amide bonds. The zero-order valence-corrected chi connectivity index (χ0v) is 16.7. The summed E-state index contributed by atoms with van der Waals surface area (Å²) in [7, 11) is -3.70. The normalized spacial score (nSPS) is 18.6. The van der Waals surface area contributed by atoms with Crippen LogP contribution < -0.4 is 5.32 Å². The van der Waals surface area contributed by atoms with Crippen molar-refractivity contribution in [2.75, 3.05) is 18.4 Å². The van der Waals surface area contributed by atoms with E-state index in [-0.39, 0.29) is 29.4 Å². The highest BCUT2D eigenvalue weighted by Crippen LogP contribution is 2.25. The average molecular weight is 391 g/mol. The summed E-state index contributed by atoms with van der Waals surface area (Å²) in [6.45, 7) is 6.44. The molecule has 1 aliphatic rings. The molecule has 2 aromatic rings. The zero-order chi connectivity index (χ0) is 19.6. The van der Waals surface area contributed by atoms with Crippen molar-refractivity contribution >= 4 is 21.6 Å². The van der Waals surface area contributed by atoms with Crippen LogP contribution >= 0.6 is 0 Å². The predicted octanol–water partition coefficient (Wildman–Crippen LogP) is 2.81. The lowest BCUT2D eigenvalue weighted by Gasteiger charge is -2.30. The van der Waals surface area contributed by atoms with Crippen molar-refractivity contribution in [1.82, 2.24) is 13.9 Å². The lowest BCUT2D eigenvalue weighted by Crippen LogP contribution is -2.43. The Bertz CT molecular complexity index is 921. The maximum atomic E-state index is 12.9. The second kappa shape index (κ2) is 7.82. The fraction of sp³-hybridized carbons (Fsp3) is 0.474. The first kappa shape index (κ1) is 19.6. The molecular weight excluding hydrogens is 364 g/mol. The Morgan fingerprint density at radius 2 is 2.04 bits per heavy atom. The first-order valence-electron chi connectivity index (χ1n) is 9.19. The van der Waals surface area contributed by atoms with Crippen LogP contribution in [0.3, 0.4) is 0 Å². The molecule has 8 heteroatoms. The van der Waals surface area contributed by atoms with Crippen LogP contribution in [0.2, 0.25) is 0 Å². The molecule has 1 aliphatic heterocycles. The van der Waals surface area contributed by atoms with Gasteiger partial charge in [-0.15, -0.1) is 0 Å². The van der Waals surface area contributed by atoms with Gasteiger partial charge in [0.05, 0.1) is 12.2 Å². The number of imidazole rings is 1. The number of hydrogen-bond donors (Lipinski definition) is 1. The van der Waals surface area contributed by atoms with Gasteiger partial charge in [-0.1, -0.05) is 18.2 Å². The third-order valence-corrected chi connectivity index (χ3v) is 6.69. The lowest BCUT2D eigenvalue weighted by atomic mass is 9.98. The van der Waals surface area contributed by atoms with Gasteiger partial charge in [0, 0.05) is 31.0 Å². The van der Waals surface area contributed by atoms with Crippen LogP contribution in [0.15, 0.2) is 41.8 Å². The summed E-state index contributed by atoms with van der Waals surface area (Å²) in [6.07, 6.45) is 4.40. The molecule has 0 aliphatic carbocycles. The monoisotopic (exact) mass is 390 g/mol. The molecule has 0 spiro atoms. The molecule has 27 heavy (non-hydrogen) atoms. The van der Waals surface area contributed by atoms with Crippen molar-refractivity contribution in [3.05, 3.63) is 42.4 Å². The molecule has 7 nitrogen and oxygen atoms in total. The van der Waals surface area contributed by atoms with Crippen molar-refractivity contribution < 1.29 is 13.2 Å². The number of sulfonamides is 1. The Morgan fingerprint density at radius 3 is 2.70 bits per heavy atom. The number of hydrogen-bond acceptors (Lipinski definition) is 4. The van der Waals surface area contributed by atoms with E-state index >= 15 is 0 Å². The van der Waals surface area contributed by atoms with Crippen LogP contribution in [0.1, 0.15) is 38.3 Å². The Labute approximate surface area is 160 Å². The molecule has 1 N–H and O–H groups in total. The number of benzene rings is 1. The summed E-state index contributed by atoms with van der Waals surface area (Å²) in [4.78, 5) is 16.7. The van der Waals surface area contributed by atoms with Crippen LogP contribution in [-0.4, -0.2) is 41.3 Å². The van der Waals surface area contributed by atoms with Crippen molar-refractivity contribution in [3.63, 3.8) is 0 Å². The molecular formula is C19H26N4O3S. The minimum Gasteiger partial charge on any atom is -0.334 e. The van der Waals surface area contributed by atoms with Gasteiger partial charge in [-0.05, 0) is 45.2 Å². The number of rotatable bonds is 5. The molecule has 1 atom stereocenters. The van der Waals surface area contributed by atoms with E-state index in [4.69, 9.17) is 0 Å². The quantitative estimate of drug-likeness (QED) is 0.851. The number of aromatic nitrogens is 2. The summed E-state index contributed by atoms with van der Waals surface area (Å²) in [5.74, 6) is -0.516. The third kappa shape index (κ3) is 4.22. The van der Waals surface area contributed by atoms with Crippen molar-refractivity contribution in [1.29, 1.82) is 0 Å². The van der Waals surface area contributed by atoms with E-state index in [0.29, 0.717) is 19.4 Å². The highest BCUT2D eigenvalue weighted by atomic mass is 32.2. The molecule has 1 aromatic carbocycles. The molecule has 1 aromatic heterocycles. The topological polar surface area (TPSA) is 84.3 Å². The molecule has 146 valence electrons. The van der Waals surface area contributed by atoms with Gasteiger partial charge in [0.25, 0.3) is 10.0 Å². The summed E-state index contributed by atoms with van der Waals surface area (Å²) in [5.41, 5.74) is 1.74. The minimum atomic E-state index is -3.70. The highest BCUT2D eigenvalue weighted by molar-refractivity contribution is 7.89. The van der Waals surface area contributed by atoms with E-state index in [0.717, 1.165) is 11.3 Å². The lowest BCUT2D eigenvalue weighted by molar-refractivity contribution is -0.120. The molecule has 3 rings (SSSR count). The van der Waals surface area contributed by atoms with Crippen LogP contribution in [0.4, 0.5) is 5.69 Å². The second-order valence-electron chi connectivity index (χ2n) is 7.26. The first-order chi connectivity index (χ1) is 12.8. The maximum Gasteiger partial charge on any atom is 0.262 e. The fourth-order valence-corrected chi connectivity index (χ4v) is 4.63. The Hall–Kier alpha value is -2.19. The Morgan fingerprint density at radius 1 is 1.30 bits per heavy atom. The Balaban J connectivity index is 1.73. The van der Waals surface area contributed by atoms with Gasteiger partial charge >= 0.3 is 0 Å². The zero-order valence-electron chi connectivity index (χ0n) is 15.9. The summed E-state index contributed by atoms with van der Waals surface area (Å²) >= 11 is 0. The second-order valence-corrected chi connectivity index (χ2v) is 9.14. The molecule has 0 saturated carbocycles. The number of amides is 1. The van der Waals surface area contributed by atoms with Crippen LogP contribution in [0, 0.1) is 12.8 Å². The van der Waals surface area contributed by atoms with Crippen molar-refractivity contribution in [3.8, 4) is 0 Å². The van der Waals surface area contributed by atoms with Gasteiger partial charge in [-0.2, -0.15) is 4.31 Å². The molecule has 2 heterocycles. The van der Waals surface area contributed by atoms with Gasteiger partial charge in [0.15, 0.2) is 5.03 Å². The van der Waals surface area contributed by atoms with Gasteiger partial charge in [-0.3, -0.25) is 4.79 Å². The maximum absolute atomic E-state index is 12.9. The van der Waals surface area contributed by atoms with Crippen molar-refractivity contribution in [2.45, 2.75) is 44.7 Å². The predicted molar refractivity (Wildman–Crippen MR) is 104 cm³/mol. The van der Waals surface area contributed by atoms with Crippen LogP contribution in [0.5, 0.6) is 0 Å². The largest absolute Gasteiger partial charge is 0.334 e. The molecule has 0 bridgehead atoms. The summed E-state index contributed by atoms with van der Waals surface area (Å²) in [6, 6.07) is 7.69. The number of aryl methyl sites for hydroxylation is 1. The van der Waals surface area contributed by atoms with E-state index in [9.17, 15) is 13.2 Å². The van der Waals surface area contributed by atoms with Crippen LogP contribution in [0.25, 0.3) is 0 Å². The minimum absolute atomic E-state index is 0.0381. The average Bonchev–Trinajstić information content (AvgIpc) is 3.15. The van der Waals surface area contributed by atoms with Crippen LogP contribution in [-0.2, 0) is 14.8 Å². The number of carbonyl (C=O) groups excluding carboxylic acids is 1. The summed E-state index contributed by atoms with van der Waals surface area (Å²) < 4.78 is 29.0. The first-order valence-corrected chi connectivity index (χ1v) is 10.6. The SMILES string of the molecule is Cc1ccccc1NC(=O)C1CCCN(S(=O)(=O)c2cn(C(C)C)cn2)C1. The number of anilines is 1. The van der Waals surface area contributed by atoms with E-state index in [1.165, 1.54) is 10.6 Å². The van der Waals surface area contributed by atoms with E-state index in [1.807, 2.05) is 45.0 Å². The summed E-state index contributed by atoms with van der Waals surface area (Å²) in [5, 5.41) is 2.97. The van der Waals surface area contributed by atoms with E-state index < -0.39 is 10.0 Å². The number of carbonyl (C=O) groups is 1. The van der Waals surface area contributed by atoms with Crippen molar-refractivity contribution in [2.24, 2.45) is 5.92 Å². The third-order valence-electron chi connectivity index (χ3n) is 4.94. The van der Waals surface area contributed by atoms with Gasteiger partial charge in [-0.25, -0.2) is 13.4 Å². The molecule has 1 saturated heterocycles. The van der Waals surface area contributed by atoms with Gasteiger partial charge in [0.2, 0.25) is 5.91 Å². The smallest absolute Gasteiger partial charge is 0.262 e. The number of nitrogens with one attached hydrogen (secondary N) is 1. The number of nitrogens with zero attached hydrogens (tertiary/aromatic N) is 3. The fourth-order valence-electron chi connectivity index (χ4n) is 3.19. The molecule has 1 fully saturated rings. The van der Waals surface area contributed by atoms with E-state index in [1.54, 1.807) is 10.8 Å². The highest BCUT2D eigenvalue weighted by Gasteiger charge is 2.34. The van der Waals surface area contributed by atoms with Gasteiger partial charge in [0.1, 0.15) is 0 Å². The number of piperidine rings is 1. The standard InChI is InChI=1S/C19H26N4O3S/c1-14(2)22-12-18(20-13-22)27(25,26)23-10-6-8-16(11-23)19(24)21-17-9-5-4-7-15(17)3/h4-5,7,9,12-14,16H,6,8,10-11H2,1-3H3,(H,21,24). The number of para-hydroxylation sites is 1. The van der Waals surface area contributed by atoms with Gasteiger partial charge < -0.3 is 9.88 Å². The molecule has 1 unspecified atom stereocenters. The molecule has 0 radical (unpaired) electrons.